The van der Waals surface area contributed by atoms with Gasteiger partial charge >= 0.3 is 18.1 Å². The van der Waals surface area contributed by atoms with E-state index in [1.165, 1.54) is 24.3 Å². The van der Waals surface area contributed by atoms with Crippen molar-refractivity contribution in [1.82, 2.24) is 59.5 Å². The molecule has 8 amide bonds. The number of imide groups is 4. The summed E-state index contributed by atoms with van der Waals surface area (Å²) in [4.78, 5) is 177. The van der Waals surface area contributed by atoms with Gasteiger partial charge in [0.25, 0.3) is 23.6 Å². The molecule has 10 aromatic rings. The summed E-state index contributed by atoms with van der Waals surface area (Å²) >= 11 is 0. The number of imidazole rings is 2. The van der Waals surface area contributed by atoms with Crippen LogP contribution in [0.15, 0.2) is 131 Å². The molecule has 2 fully saturated rings. The number of ketones is 3. The molecule has 0 saturated carbocycles. The number of alkyl halides is 3. The zero-order valence-electron chi connectivity index (χ0n) is 75.3. The highest BCUT2D eigenvalue weighted by atomic mass is 19.4. The lowest BCUT2D eigenvalue weighted by molar-refractivity contribution is -0.192. The summed E-state index contributed by atoms with van der Waals surface area (Å²) in [6.07, 6.45) is 12.3. The van der Waals surface area contributed by atoms with Crippen molar-refractivity contribution in [3.63, 3.8) is 0 Å². The van der Waals surface area contributed by atoms with Crippen LogP contribution in [0.25, 0.3) is 56.1 Å². The Kier molecular flexibility index (Phi) is 39.6. The maximum atomic E-state index is 13.2. The molecule has 14 rings (SSSR count). The molecule has 10 heterocycles. The van der Waals surface area contributed by atoms with Gasteiger partial charge in [-0.15, -0.1) is 0 Å². The van der Waals surface area contributed by atoms with Crippen molar-refractivity contribution in [3.8, 4) is 56.3 Å². The minimum atomic E-state index is -5.08. The van der Waals surface area contributed by atoms with Gasteiger partial charge in [0.15, 0.2) is 22.9 Å². The average Bonchev–Trinajstić information content (AvgIpc) is 1.60. The second-order valence-corrected chi connectivity index (χ2v) is 31.6. The molecule has 7 N–H and O–H groups in total. The Morgan fingerprint density at radius 3 is 1.28 bits per heavy atom. The smallest absolute Gasteiger partial charge is 0.485 e. The van der Waals surface area contributed by atoms with Crippen LogP contribution in [0.1, 0.15) is 174 Å². The van der Waals surface area contributed by atoms with Gasteiger partial charge in [0.05, 0.1) is 110 Å². The molecule has 0 bridgehead atoms. The number of anilines is 1. The minimum Gasteiger partial charge on any atom is -0.485 e. The molecule has 42 heteroatoms. The Labute approximate surface area is 784 Å². The molecular formula is C95H109F3N14O25. The maximum absolute atomic E-state index is 13.2. The largest absolute Gasteiger partial charge is 0.490 e. The number of halogens is 3. The highest BCUT2D eigenvalue weighted by molar-refractivity contribution is 6.25. The van der Waals surface area contributed by atoms with E-state index < -0.39 is 77.5 Å². The van der Waals surface area contributed by atoms with E-state index in [1.807, 2.05) is 86.8 Å². The summed E-state index contributed by atoms with van der Waals surface area (Å²) in [5.41, 5.74) is 16.9. The number of nitrogens with zero attached hydrogens (tertiary/aromatic N) is 10. The number of Topliss-reactive ketones (excluding diaryl/α,β-unsaturated/α-hetero) is 3. The Morgan fingerprint density at radius 2 is 0.876 bits per heavy atom. The number of nitrogens with two attached hydrogens (primary N) is 1. The number of aliphatic carboxylic acids is 2. The van der Waals surface area contributed by atoms with Crippen molar-refractivity contribution in [3.05, 3.63) is 173 Å². The van der Waals surface area contributed by atoms with Gasteiger partial charge in [0, 0.05) is 112 Å². The number of ether oxygens (including phenoxy) is 8. The molecule has 6 aromatic heterocycles. The van der Waals surface area contributed by atoms with Crippen molar-refractivity contribution in [2.24, 2.45) is 5.73 Å². The van der Waals surface area contributed by atoms with Crippen LogP contribution in [0, 0.1) is 27.7 Å². The molecule has 4 aliphatic rings. The van der Waals surface area contributed by atoms with Crippen molar-refractivity contribution in [2.45, 2.75) is 156 Å². The van der Waals surface area contributed by atoms with Crippen LogP contribution < -0.4 is 31.2 Å². The number of carbonyl (C=O) groups excluding carboxylic acids is 11. The second kappa shape index (κ2) is 51.6. The maximum Gasteiger partial charge on any atom is 0.490 e. The normalized spacial score (nSPS) is 14.5. The molecule has 2 unspecified atom stereocenters. The summed E-state index contributed by atoms with van der Waals surface area (Å²) in [6.45, 7) is 13.3. The van der Waals surface area contributed by atoms with E-state index in [9.17, 15) is 70.7 Å². The van der Waals surface area contributed by atoms with Gasteiger partial charge < -0.3 is 72.6 Å². The van der Waals surface area contributed by atoms with Crippen LogP contribution in [0.3, 0.4) is 0 Å². The zero-order valence-corrected chi connectivity index (χ0v) is 75.3. The van der Waals surface area contributed by atoms with E-state index in [0.29, 0.717) is 148 Å². The number of aromatic nitrogens is 8. The lowest BCUT2D eigenvalue weighted by atomic mass is 10.00. The number of fused-ring (bicyclic) bond motifs is 4. The summed E-state index contributed by atoms with van der Waals surface area (Å²) in [6, 6.07) is 22.9. The van der Waals surface area contributed by atoms with Crippen molar-refractivity contribution in [2.75, 3.05) is 111 Å². The Bertz CT molecular complexity index is 5870. The fourth-order valence-electron chi connectivity index (χ4n) is 15.1. The topological polar surface area (TPSA) is 517 Å². The predicted molar refractivity (Wildman–Crippen MR) is 484 cm³/mol. The third-order valence-electron chi connectivity index (χ3n) is 21.8. The quantitative estimate of drug-likeness (QED) is 0.0152. The molecule has 4 aromatic carbocycles. The van der Waals surface area contributed by atoms with Crippen LogP contribution in [0.5, 0.6) is 11.5 Å². The number of carboxylic acid groups (broad SMARTS) is 2. The van der Waals surface area contributed by atoms with E-state index in [0.717, 1.165) is 102 Å². The fourth-order valence-corrected chi connectivity index (χ4v) is 15.1. The number of benzene rings is 4. The first-order chi connectivity index (χ1) is 65.5. The number of hydrogen-bond donors (Lipinski definition) is 6. The van der Waals surface area contributed by atoms with Gasteiger partial charge in [-0.25, -0.2) is 14.8 Å². The molecule has 730 valence electrons. The van der Waals surface area contributed by atoms with Gasteiger partial charge in [-0.2, -0.15) is 13.2 Å². The molecule has 4 aliphatic heterocycles. The van der Waals surface area contributed by atoms with Gasteiger partial charge in [-0.3, -0.25) is 92.3 Å². The number of hydrogen-bond acceptors (Lipinski definition) is 31. The van der Waals surface area contributed by atoms with Crippen molar-refractivity contribution >= 4 is 93.7 Å². The summed E-state index contributed by atoms with van der Waals surface area (Å²) in [5, 5.41) is 31.5. The van der Waals surface area contributed by atoms with Gasteiger partial charge in [-0.05, 0) is 134 Å². The number of carbonyl (C=O) groups is 13. The van der Waals surface area contributed by atoms with E-state index in [2.05, 4.69) is 41.2 Å². The first-order valence-electron chi connectivity index (χ1n) is 44.2. The monoisotopic (exact) mass is 1900 g/mol. The third-order valence-corrected chi connectivity index (χ3v) is 21.8. The Hall–Kier alpha value is -14.0. The molecule has 0 aliphatic carbocycles. The summed E-state index contributed by atoms with van der Waals surface area (Å²) < 4.78 is 90.5. The SMILES string of the molecule is C.Cc1noc(C)c1-c1ccc(-c2nc3cnccn3c2CCC(=O)CCCCOCCOCCOCCCCC(=O)COc2cccc3c2C(=O)N(C2CCC(=O)NC2=O)C3=O)cc1.Cc1noc(C)c1-c1ccc(-c2nc3cnccn3c2NCC(=O)O)cc1.NCCCOCCOCCOCCCCC(=O)COc1cccc2c1C(=O)N(C1CCC(=O)NC1=O)C2=O.O=C(O)C(F)(F)F. The molecule has 137 heavy (non-hydrogen) atoms. The fraction of sp³-hybridized carbons (Fsp3) is 0.421. The summed E-state index contributed by atoms with van der Waals surface area (Å²) in [5.74, 6) is -6.40. The number of amides is 8. The van der Waals surface area contributed by atoms with Crippen LogP contribution in [-0.4, -0.2) is 259 Å². The van der Waals surface area contributed by atoms with E-state index in [-0.39, 0.29) is 117 Å². The predicted octanol–water partition coefficient (Wildman–Crippen LogP) is 10.6. The molecule has 2 saturated heterocycles. The number of piperidine rings is 2. The Morgan fingerprint density at radius 1 is 0.489 bits per heavy atom. The summed E-state index contributed by atoms with van der Waals surface area (Å²) in [7, 11) is 0. The van der Waals surface area contributed by atoms with Crippen molar-refractivity contribution in [1.29, 1.82) is 0 Å². The van der Waals surface area contributed by atoms with Gasteiger partial charge in [-0.1, -0.05) is 78.4 Å². The molecular weight excluding hydrogens is 1790 g/mol. The van der Waals surface area contributed by atoms with Crippen LogP contribution in [0.4, 0.5) is 19.0 Å². The average molecular weight is 1900 g/mol. The van der Waals surface area contributed by atoms with E-state index in [1.54, 1.807) is 47.5 Å². The van der Waals surface area contributed by atoms with Crippen LogP contribution >= 0.6 is 0 Å². The van der Waals surface area contributed by atoms with Crippen molar-refractivity contribution < 1.29 is 133 Å². The molecule has 39 nitrogen and oxygen atoms in total. The number of unbranched alkanes of at least 4 members (excludes halogenated alkanes) is 3. The van der Waals surface area contributed by atoms with E-state index >= 15 is 0 Å². The lowest BCUT2D eigenvalue weighted by Crippen LogP contribution is -2.54. The van der Waals surface area contributed by atoms with Crippen LogP contribution in [0.2, 0.25) is 0 Å². The lowest BCUT2D eigenvalue weighted by Gasteiger charge is -2.27. The minimum absolute atomic E-state index is 0. The zero-order chi connectivity index (χ0) is 97.4. The number of nitrogens with one attached hydrogen (secondary N) is 3. The van der Waals surface area contributed by atoms with E-state index in [4.69, 9.17) is 72.7 Å². The molecule has 0 spiro atoms. The Balaban J connectivity index is 0.000000223. The van der Waals surface area contributed by atoms with Crippen LogP contribution in [-0.2, 0) is 78.0 Å². The van der Waals surface area contributed by atoms with Gasteiger partial charge in [0.2, 0.25) is 23.6 Å². The second-order valence-electron chi connectivity index (χ2n) is 31.6. The first kappa shape index (κ1) is 105. The highest BCUT2D eigenvalue weighted by Crippen LogP contribution is 2.39. The van der Waals surface area contributed by atoms with Gasteiger partial charge in [0.1, 0.15) is 72.2 Å². The number of rotatable bonds is 48. The number of carboxylic acids is 2. The third kappa shape index (κ3) is 28.8. The molecule has 0 radical (unpaired) electrons. The standard InChI is InChI=1S/C47H52N6O11.C26H35N3O9.C19H17N5O3.C2HF3O2.CH4/c1-30-42(31(2)64-51-30)32-12-14-33(15-13-32)44-37(52-21-20-48-28-40(52)49-44)17-16-34(54)8-3-5-22-60-24-26-62-27-25-61-23-6-4-9-35(55)29-63-39-11-7-10-36-43(39)47(59)53(46(36)58)38-18-19-41(56)50-45(38)57;27-10-4-12-36-14-16-37-15-13-35-11-2-1-5-18(30)17-38-21-7-3-6-19-23(21)26(34)29(25(19)33)20-8-9-22(31)28-24(20)32;1-11-17(12(2)27-23-11)13-3-5-14(6-4-13)18-19(21-10-16(25)26)24-8-7-20-9-15(24)22-18;3-2(4,5)1(6)7;/h7,10-15,20-21,28,38H,3-6,8-9,16-19,22-27,29H2,1-2H3,(H,50,56,57);3,6-7,20H,1-2,4-5,8-17,27H2,(H,28,31,32);3-9,21H,10H2,1-2H3,(H,25,26);(H,6,7);1H4. The first-order valence-corrected chi connectivity index (χ1v) is 44.2. The molecule has 2 atom stereocenters. The number of aryl methyl sites for hydroxylation is 5. The highest BCUT2D eigenvalue weighted by Gasteiger charge is 2.48.